The lowest BCUT2D eigenvalue weighted by Crippen LogP contribution is -2.44. The number of benzene rings is 1. The Morgan fingerprint density at radius 2 is 1.84 bits per heavy atom. The molecule has 101 valence electrons. The maximum atomic E-state index is 12.3. The summed E-state index contributed by atoms with van der Waals surface area (Å²) in [7, 11) is 0. The van der Waals surface area contributed by atoms with Crippen LogP contribution in [-0.2, 0) is 4.79 Å². The molecule has 0 heterocycles. The Hall–Kier alpha value is -1.98. The molecule has 2 unspecified atom stereocenters. The van der Waals surface area contributed by atoms with Gasteiger partial charge in [-0.1, -0.05) is 24.3 Å². The minimum absolute atomic E-state index is 0.288. The molecule has 1 aromatic carbocycles. The summed E-state index contributed by atoms with van der Waals surface area (Å²) in [6.07, 6.45) is 1.96. The van der Waals surface area contributed by atoms with E-state index in [1.807, 2.05) is 0 Å². The molecule has 2 N–H and O–H groups in total. The number of hydrogen-bond donors (Lipinski definition) is 2. The topological polar surface area (TPSA) is 77.8 Å². The van der Waals surface area contributed by atoms with Crippen molar-refractivity contribution in [3.05, 3.63) is 41.5 Å². The maximum Gasteiger partial charge on any atom is 0.258 e. The number of nitrogens with zero attached hydrogens (tertiary/aromatic N) is 1. The van der Waals surface area contributed by atoms with Crippen LogP contribution in [0, 0.1) is 0 Å². The number of rotatable bonds is 5. The van der Waals surface area contributed by atoms with Gasteiger partial charge in [-0.3, -0.25) is 14.5 Å². The van der Waals surface area contributed by atoms with E-state index in [2.05, 4.69) is 0 Å². The molecule has 0 bridgehead atoms. The number of hydrogen-bond acceptors (Lipinski definition) is 4. The van der Waals surface area contributed by atoms with Crippen LogP contribution in [0.1, 0.15) is 29.8 Å². The zero-order valence-corrected chi connectivity index (χ0v) is 10.8. The molecule has 0 spiro atoms. The molecular weight excluding hydrogens is 246 g/mol. The Morgan fingerprint density at radius 1 is 1.26 bits per heavy atom. The van der Waals surface area contributed by atoms with Gasteiger partial charge in [-0.05, 0) is 31.6 Å². The predicted octanol–water partition coefficient (Wildman–Crippen LogP) is 0.928. The van der Waals surface area contributed by atoms with Crippen molar-refractivity contribution in [3.8, 4) is 0 Å². The molecule has 1 radical (unpaired) electrons. The number of allylic oxidation sites excluding steroid dienone is 1. The fraction of sp³-hybridized carbons (Fsp3) is 0.286. The van der Waals surface area contributed by atoms with Gasteiger partial charge >= 0.3 is 0 Å². The Bertz CT molecular complexity index is 472. The van der Waals surface area contributed by atoms with Gasteiger partial charge in [0, 0.05) is 5.56 Å². The molecule has 0 aliphatic heterocycles. The van der Waals surface area contributed by atoms with Crippen molar-refractivity contribution in [2.45, 2.75) is 26.3 Å². The summed E-state index contributed by atoms with van der Waals surface area (Å²) in [5.41, 5.74) is 0.804. The first-order valence-electron chi connectivity index (χ1n) is 5.81. The highest BCUT2D eigenvalue weighted by molar-refractivity contribution is 5.98. The smallest absolute Gasteiger partial charge is 0.258 e. The van der Waals surface area contributed by atoms with E-state index in [-0.39, 0.29) is 5.56 Å². The van der Waals surface area contributed by atoms with E-state index < -0.39 is 18.4 Å². The molecule has 1 amide bonds. The quantitative estimate of drug-likeness (QED) is 0.611. The Balaban J connectivity index is 3.17. The van der Waals surface area contributed by atoms with Crippen molar-refractivity contribution >= 4 is 18.3 Å². The van der Waals surface area contributed by atoms with Gasteiger partial charge in [0.1, 0.15) is 12.5 Å². The lowest BCUT2D eigenvalue weighted by Gasteiger charge is -2.28. The molecule has 19 heavy (non-hydrogen) atoms. The first-order valence-corrected chi connectivity index (χ1v) is 5.81. The third-order valence-corrected chi connectivity index (χ3v) is 2.56. The second-order valence-electron chi connectivity index (χ2n) is 4.01. The van der Waals surface area contributed by atoms with Crippen LogP contribution in [0.5, 0.6) is 0 Å². The summed E-state index contributed by atoms with van der Waals surface area (Å²) >= 11 is 0. The van der Waals surface area contributed by atoms with Gasteiger partial charge in [0.2, 0.25) is 6.29 Å². The molecular formula is C14H16NO4. The fourth-order valence-electron chi connectivity index (χ4n) is 1.75. The van der Waals surface area contributed by atoms with E-state index in [0.29, 0.717) is 5.56 Å². The first kappa shape index (κ1) is 15.1. The minimum atomic E-state index is -1.12. The average molecular weight is 262 g/mol. The van der Waals surface area contributed by atoms with Crippen LogP contribution in [-0.4, -0.2) is 39.8 Å². The lowest BCUT2D eigenvalue weighted by atomic mass is 10.1. The zero-order chi connectivity index (χ0) is 14.4. The Kier molecular flexibility index (Phi) is 5.41. The van der Waals surface area contributed by atoms with E-state index in [4.69, 9.17) is 0 Å². The molecule has 5 heteroatoms. The second kappa shape index (κ2) is 6.82. The van der Waals surface area contributed by atoms with Crippen LogP contribution >= 0.6 is 0 Å². The summed E-state index contributed by atoms with van der Waals surface area (Å²) in [5.74, 6) is -0.517. The lowest BCUT2D eigenvalue weighted by molar-refractivity contribution is -0.0608. The van der Waals surface area contributed by atoms with Crippen LogP contribution in [0.2, 0.25) is 0 Å². The summed E-state index contributed by atoms with van der Waals surface area (Å²) in [6, 6.07) is 6.60. The van der Waals surface area contributed by atoms with Crippen molar-refractivity contribution in [2.75, 3.05) is 0 Å². The van der Waals surface area contributed by atoms with Gasteiger partial charge in [-0.2, -0.15) is 0 Å². The van der Waals surface area contributed by atoms with E-state index in [0.717, 1.165) is 11.0 Å². The van der Waals surface area contributed by atoms with Crippen molar-refractivity contribution in [1.29, 1.82) is 0 Å². The molecule has 2 atom stereocenters. The fourth-order valence-corrected chi connectivity index (χ4v) is 1.75. The van der Waals surface area contributed by atoms with Crippen LogP contribution in [0.25, 0.3) is 6.08 Å². The van der Waals surface area contributed by atoms with Gasteiger partial charge < -0.3 is 10.2 Å². The van der Waals surface area contributed by atoms with E-state index in [1.54, 1.807) is 30.6 Å². The molecule has 0 fully saturated rings. The SMILES string of the molecule is CC(O)N(C(=O)c1ccccc1/C=C/[C]=O)C(C)O. The summed E-state index contributed by atoms with van der Waals surface area (Å²) in [4.78, 5) is 23.4. The van der Waals surface area contributed by atoms with Crippen molar-refractivity contribution in [1.82, 2.24) is 4.90 Å². The standard InChI is InChI=1S/C14H16NO4/c1-10(17)15(11(2)18)14(19)13-8-4-3-6-12(13)7-5-9-16/h3-8,10-11,17-18H,1-2H3/b7-5+. The normalized spacial score (nSPS) is 14.1. The highest BCUT2D eigenvalue weighted by atomic mass is 16.3. The highest BCUT2D eigenvalue weighted by Gasteiger charge is 2.25. The van der Waals surface area contributed by atoms with Crippen molar-refractivity contribution in [3.63, 3.8) is 0 Å². The van der Waals surface area contributed by atoms with Crippen LogP contribution in [0.15, 0.2) is 30.3 Å². The molecule has 1 aromatic rings. The van der Waals surface area contributed by atoms with Gasteiger partial charge in [0.25, 0.3) is 5.91 Å². The molecule has 0 saturated carbocycles. The molecule has 0 aromatic heterocycles. The number of carbonyl (C=O) groups excluding carboxylic acids is 2. The first-order chi connectivity index (χ1) is 8.99. The van der Waals surface area contributed by atoms with Gasteiger partial charge in [0.05, 0.1) is 0 Å². The Morgan fingerprint density at radius 3 is 2.37 bits per heavy atom. The molecule has 0 aliphatic carbocycles. The molecule has 0 aliphatic rings. The van der Waals surface area contributed by atoms with Crippen LogP contribution in [0.3, 0.4) is 0 Å². The van der Waals surface area contributed by atoms with Crippen LogP contribution < -0.4 is 0 Å². The zero-order valence-electron chi connectivity index (χ0n) is 10.8. The Labute approximate surface area is 111 Å². The number of amides is 1. The largest absolute Gasteiger partial charge is 0.374 e. The predicted molar refractivity (Wildman–Crippen MR) is 70.7 cm³/mol. The van der Waals surface area contributed by atoms with Gasteiger partial charge in [0.15, 0.2) is 0 Å². The monoisotopic (exact) mass is 262 g/mol. The summed E-state index contributed by atoms with van der Waals surface area (Å²) < 4.78 is 0. The number of aliphatic hydroxyl groups is 2. The summed E-state index contributed by atoms with van der Waals surface area (Å²) in [5, 5.41) is 19.1. The average Bonchev–Trinajstić information content (AvgIpc) is 2.35. The van der Waals surface area contributed by atoms with Crippen molar-refractivity contribution in [2.24, 2.45) is 0 Å². The van der Waals surface area contributed by atoms with E-state index in [1.165, 1.54) is 19.9 Å². The molecule has 1 rings (SSSR count). The van der Waals surface area contributed by atoms with E-state index in [9.17, 15) is 19.8 Å². The van der Waals surface area contributed by atoms with Crippen LogP contribution in [0.4, 0.5) is 0 Å². The third-order valence-electron chi connectivity index (χ3n) is 2.56. The van der Waals surface area contributed by atoms with E-state index >= 15 is 0 Å². The molecule has 5 nitrogen and oxygen atoms in total. The van der Waals surface area contributed by atoms with Gasteiger partial charge in [-0.15, -0.1) is 0 Å². The minimum Gasteiger partial charge on any atom is -0.374 e. The number of aliphatic hydroxyl groups excluding tert-OH is 2. The number of carbonyl (C=O) groups is 1. The second-order valence-corrected chi connectivity index (χ2v) is 4.01. The summed E-state index contributed by atoms with van der Waals surface area (Å²) in [6.45, 7) is 2.78. The van der Waals surface area contributed by atoms with Gasteiger partial charge in [-0.25, -0.2) is 0 Å². The third kappa shape index (κ3) is 3.74. The highest BCUT2D eigenvalue weighted by Crippen LogP contribution is 2.16. The molecule has 0 saturated heterocycles. The maximum absolute atomic E-state index is 12.3. The van der Waals surface area contributed by atoms with Crippen molar-refractivity contribution < 1.29 is 19.8 Å².